The molecule has 10 aromatic rings. The Morgan fingerprint density at radius 3 is 1.13 bits per heavy atom. The van der Waals surface area contributed by atoms with Crippen LogP contribution in [0.5, 0.6) is 0 Å². The third kappa shape index (κ3) is 5.49. The van der Waals surface area contributed by atoms with Gasteiger partial charge in [-0.2, -0.15) is 0 Å². The van der Waals surface area contributed by atoms with Crippen molar-refractivity contribution < 1.29 is 0 Å². The van der Waals surface area contributed by atoms with Gasteiger partial charge in [-0.25, -0.2) is 0 Å². The highest BCUT2D eigenvalue weighted by Gasteiger charge is 2.28. The van der Waals surface area contributed by atoms with Crippen molar-refractivity contribution in [2.45, 2.75) is 23.3 Å². The summed E-state index contributed by atoms with van der Waals surface area (Å²) in [5.41, 5.74) is 15.2. The lowest BCUT2D eigenvalue weighted by Crippen LogP contribution is -1.93. The number of para-hydroxylation sites is 4. The van der Waals surface area contributed by atoms with E-state index in [0.29, 0.717) is 10.5 Å². The van der Waals surface area contributed by atoms with Crippen molar-refractivity contribution in [3.63, 3.8) is 0 Å². The number of rotatable bonds is 6. The number of aromatic nitrogens is 2. The van der Waals surface area contributed by atoms with Crippen LogP contribution in [-0.2, 0) is 0 Å². The van der Waals surface area contributed by atoms with Crippen molar-refractivity contribution in [1.29, 1.82) is 0 Å². The summed E-state index contributed by atoms with van der Waals surface area (Å²) in [6.07, 6.45) is 2.39. The van der Waals surface area contributed by atoms with E-state index in [9.17, 15) is 0 Å². The molecule has 2 atom stereocenters. The second-order valence-corrected chi connectivity index (χ2v) is 16.2. The van der Waals surface area contributed by atoms with Gasteiger partial charge in [0.25, 0.3) is 0 Å². The molecule has 2 aromatic heterocycles. The molecular formula is C52H38N2S. The van der Waals surface area contributed by atoms with Crippen molar-refractivity contribution in [3.05, 3.63) is 205 Å². The fraction of sp³-hybridized carbons (Fsp3) is 0.0769. The van der Waals surface area contributed by atoms with Crippen molar-refractivity contribution in [3.8, 4) is 33.6 Å². The van der Waals surface area contributed by atoms with Gasteiger partial charge in [0, 0.05) is 43.4 Å². The number of hydrogen-bond acceptors (Lipinski definition) is 1. The smallest absolute Gasteiger partial charge is 0.0547 e. The number of thioether (sulfide) groups is 1. The molecule has 2 nitrogen and oxygen atoms in total. The Morgan fingerprint density at radius 1 is 0.327 bits per heavy atom. The standard InChI is InChI=1S/C52H38N2S/c1-3-11-41(12-4-1)53-47-17-9-7-15-43(47)45-29-27-39(33-49(45)53)35-19-23-37(24-20-35)51-31-32-52(55-51)38-25-21-36(22-26-38)40-28-30-46-44-16-8-10-18-48(44)54(50(46)34-40)42-13-5-2-6-14-42/h1-30,33-34,51-52H,31-32H2. The second kappa shape index (κ2) is 13.2. The Bertz CT molecular complexity index is 2790. The Balaban J connectivity index is 0.838. The Hall–Kier alpha value is -6.29. The molecule has 3 heteroatoms. The van der Waals surface area contributed by atoms with E-state index in [2.05, 4.69) is 215 Å². The average Bonchev–Trinajstić information content (AvgIpc) is 3.97. The van der Waals surface area contributed by atoms with E-state index in [4.69, 9.17) is 0 Å². The zero-order chi connectivity index (χ0) is 36.3. The van der Waals surface area contributed by atoms with Crippen LogP contribution in [0.2, 0.25) is 0 Å². The van der Waals surface area contributed by atoms with Crippen molar-refractivity contribution in [2.75, 3.05) is 0 Å². The van der Waals surface area contributed by atoms with E-state index in [0.717, 1.165) is 0 Å². The van der Waals surface area contributed by atoms with E-state index in [1.54, 1.807) is 0 Å². The van der Waals surface area contributed by atoms with Crippen LogP contribution in [0.25, 0.3) is 77.2 Å². The van der Waals surface area contributed by atoms with Crippen LogP contribution in [0.4, 0.5) is 0 Å². The summed E-state index contributed by atoms with van der Waals surface area (Å²) >= 11 is 2.12. The quantitative estimate of drug-likeness (QED) is 0.166. The molecule has 55 heavy (non-hydrogen) atoms. The van der Waals surface area contributed by atoms with Crippen molar-refractivity contribution in [2.24, 2.45) is 0 Å². The lowest BCUT2D eigenvalue weighted by atomic mass is 9.98. The maximum absolute atomic E-state index is 2.40. The lowest BCUT2D eigenvalue weighted by Gasteiger charge is -2.14. The summed E-state index contributed by atoms with van der Waals surface area (Å²) in [5, 5.41) is 6.16. The first kappa shape index (κ1) is 32.2. The Morgan fingerprint density at radius 2 is 0.691 bits per heavy atom. The monoisotopic (exact) mass is 722 g/mol. The highest BCUT2D eigenvalue weighted by atomic mass is 32.2. The van der Waals surface area contributed by atoms with Crippen molar-refractivity contribution >= 4 is 55.4 Å². The molecule has 0 aliphatic carbocycles. The molecule has 0 N–H and O–H groups in total. The lowest BCUT2D eigenvalue weighted by molar-refractivity contribution is 0.765. The minimum Gasteiger partial charge on any atom is -0.309 e. The number of fused-ring (bicyclic) bond motifs is 6. The average molecular weight is 723 g/mol. The zero-order valence-electron chi connectivity index (χ0n) is 30.3. The van der Waals surface area contributed by atoms with E-state index < -0.39 is 0 Å². The van der Waals surface area contributed by atoms with Crippen LogP contribution in [0.1, 0.15) is 34.5 Å². The molecule has 0 bridgehead atoms. The fourth-order valence-electron chi connectivity index (χ4n) is 8.92. The van der Waals surface area contributed by atoms with Crippen LogP contribution in [0, 0.1) is 0 Å². The summed E-state index contributed by atoms with van der Waals surface area (Å²) in [6, 6.07) is 71.5. The van der Waals surface area contributed by atoms with Crippen LogP contribution in [-0.4, -0.2) is 9.13 Å². The van der Waals surface area contributed by atoms with Gasteiger partial charge in [-0.05, 0) is 94.8 Å². The highest BCUT2D eigenvalue weighted by molar-refractivity contribution is 8.00. The first-order valence-corrected chi connectivity index (χ1v) is 20.2. The van der Waals surface area contributed by atoms with Gasteiger partial charge in [0.1, 0.15) is 0 Å². The molecule has 0 radical (unpaired) electrons. The Kier molecular flexibility index (Phi) is 7.74. The molecule has 1 saturated heterocycles. The molecule has 1 aliphatic heterocycles. The molecule has 0 saturated carbocycles. The summed E-state index contributed by atoms with van der Waals surface area (Å²) in [7, 11) is 0. The molecule has 3 heterocycles. The van der Waals surface area contributed by atoms with Gasteiger partial charge < -0.3 is 9.13 Å². The van der Waals surface area contributed by atoms with E-state index in [-0.39, 0.29) is 0 Å². The number of hydrogen-bond donors (Lipinski definition) is 0. The van der Waals surface area contributed by atoms with Gasteiger partial charge in [0.2, 0.25) is 0 Å². The SMILES string of the molecule is c1ccc(-n2c3ccccc3c3ccc(-c4ccc(C5CCC(c6ccc(-c7ccc8c9ccccc9n(-c9ccccc9)c8c7)cc6)S5)cc4)cc32)cc1. The topological polar surface area (TPSA) is 9.86 Å². The summed E-state index contributed by atoms with van der Waals surface area (Å²) in [4.78, 5) is 0. The molecule has 11 rings (SSSR count). The predicted molar refractivity (Wildman–Crippen MR) is 235 cm³/mol. The first-order valence-electron chi connectivity index (χ1n) is 19.3. The number of nitrogens with zero attached hydrogens (tertiary/aromatic N) is 2. The molecule has 0 spiro atoms. The van der Waals surface area contributed by atoms with E-state index in [1.165, 1.54) is 101 Å². The predicted octanol–water partition coefficient (Wildman–Crippen LogP) is 14.5. The largest absolute Gasteiger partial charge is 0.309 e. The van der Waals surface area contributed by atoms with E-state index >= 15 is 0 Å². The molecule has 1 fully saturated rings. The fourth-order valence-corrected chi connectivity index (χ4v) is 10.5. The number of benzene rings is 8. The van der Waals surface area contributed by atoms with Crippen LogP contribution in [0.15, 0.2) is 194 Å². The van der Waals surface area contributed by atoms with E-state index in [1.807, 2.05) is 0 Å². The normalized spacial score (nSPS) is 15.8. The minimum atomic E-state index is 0.504. The third-order valence-corrected chi connectivity index (χ3v) is 13.3. The molecule has 1 aliphatic rings. The van der Waals surface area contributed by atoms with Crippen LogP contribution < -0.4 is 0 Å². The van der Waals surface area contributed by atoms with Gasteiger partial charge in [0.15, 0.2) is 0 Å². The molecule has 262 valence electrons. The Labute approximate surface area is 325 Å². The van der Waals surface area contributed by atoms with Crippen LogP contribution >= 0.6 is 11.8 Å². The van der Waals surface area contributed by atoms with Gasteiger partial charge >= 0.3 is 0 Å². The maximum Gasteiger partial charge on any atom is 0.0547 e. The third-order valence-electron chi connectivity index (χ3n) is 11.6. The summed E-state index contributed by atoms with van der Waals surface area (Å²) < 4.78 is 4.80. The van der Waals surface area contributed by atoms with Gasteiger partial charge in [0.05, 0.1) is 22.1 Å². The highest BCUT2D eigenvalue weighted by Crippen LogP contribution is 2.53. The molecule has 2 unspecified atom stereocenters. The van der Waals surface area contributed by atoms with Crippen molar-refractivity contribution in [1.82, 2.24) is 9.13 Å². The first-order chi connectivity index (χ1) is 27.3. The van der Waals surface area contributed by atoms with Gasteiger partial charge in [-0.1, -0.05) is 146 Å². The van der Waals surface area contributed by atoms with Crippen LogP contribution in [0.3, 0.4) is 0 Å². The maximum atomic E-state index is 2.40. The molecule has 8 aromatic carbocycles. The summed E-state index contributed by atoms with van der Waals surface area (Å²) in [6.45, 7) is 0. The zero-order valence-corrected chi connectivity index (χ0v) is 31.2. The second-order valence-electron chi connectivity index (χ2n) is 14.8. The van der Waals surface area contributed by atoms with Gasteiger partial charge in [-0.15, -0.1) is 11.8 Å². The van der Waals surface area contributed by atoms with Gasteiger partial charge in [-0.3, -0.25) is 0 Å². The molecule has 0 amide bonds. The minimum absolute atomic E-state index is 0.504. The summed E-state index contributed by atoms with van der Waals surface area (Å²) in [5.74, 6) is 0. The molecular weight excluding hydrogens is 685 g/mol.